The lowest BCUT2D eigenvalue weighted by molar-refractivity contribution is 0.660. The molecule has 0 N–H and O–H groups in total. The minimum atomic E-state index is 0.00540. The molecule has 8 aromatic carbocycles. The number of hydrogen-bond donors (Lipinski definition) is 0. The van der Waals surface area contributed by atoms with Gasteiger partial charge < -0.3 is 0 Å². The molecule has 0 unspecified atom stereocenters. The monoisotopic (exact) mass is 702 g/mol. The van der Waals surface area contributed by atoms with Gasteiger partial charge in [0.05, 0.1) is 11.4 Å². The van der Waals surface area contributed by atoms with Crippen LogP contribution in [0, 0.1) is 0 Å². The van der Waals surface area contributed by atoms with Crippen molar-refractivity contribution in [2.24, 2.45) is 0 Å². The molecule has 1 aliphatic carbocycles. The van der Waals surface area contributed by atoms with Gasteiger partial charge in [-0.15, -0.1) is 0 Å². The molecular weight excluding hydrogens is 665 g/mol. The molecule has 2 nitrogen and oxygen atoms in total. The standard InChI is InChI=1S/C53H38N2/c1-53(2)48-23-12-11-22-45(48)47-33-40(28-31-49(47)53)36-24-26-37(27-25-36)42-29-30-46(44-21-10-9-20-43(42)44)51-34-50(54-52(55-51)38-16-7-4-8-17-38)41-19-13-18-39(32-41)35-14-5-3-6-15-35/h3-34H,1-2H3. The lowest BCUT2D eigenvalue weighted by atomic mass is 9.82. The molecule has 0 radical (unpaired) electrons. The van der Waals surface area contributed by atoms with Crippen LogP contribution in [0.1, 0.15) is 25.0 Å². The molecule has 10 rings (SSSR count). The average Bonchev–Trinajstić information content (AvgIpc) is 3.49. The van der Waals surface area contributed by atoms with Crippen molar-refractivity contribution in [2.45, 2.75) is 19.3 Å². The van der Waals surface area contributed by atoms with Crippen LogP contribution in [-0.4, -0.2) is 9.97 Å². The summed E-state index contributed by atoms with van der Waals surface area (Å²) in [7, 11) is 0. The molecule has 0 spiro atoms. The van der Waals surface area contributed by atoms with Crippen molar-refractivity contribution in [3.8, 4) is 78.4 Å². The van der Waals surface area contributed by atoms with E-state index in [1.165, 1.54) is 55.5 Å². The molecule has 0 bridgehead atoms. The highest BCUT2D eigenvalue weighted by atomic mass is 14.9. The van der Waals surface area contributed by atoms with Gasteiger partial charge in [0.1, 0.15) is 0 Å². The Bertz CT molecular complexity index is 2870. The second-order valence-corrected chi connectivity index (χ2v) is 15.0. The van der Waals surface area contributed by atoms with Crippen LogP contribution >= 0.6 is 0 Å². The van der Waals surface area contributed by atoms with Crippen molar-refractivity contribution in [3.63, 3.8) is 0 Å². The van der Waals surface area contributed by atoms with Crippen LogP contribution in [0.2, 0.25) is 0 Å². The summed E-state index contributed by atoms with van der Waals surface area (Å²) in [5, 5.41) is 2.35. The van der Waals surface area contributed by atoms with Crippen molar-refractivity contribution in [1.82, 2.24) is 9.97 Å². The Morgan fingerprint density at radius 3 is 1.62 bits per heavy atom. The van der Waals surface area contributed by atoms with Gasteiger partial charge in [0.25, 0.3) is 0 Å². The van der Waals surface area contributed by atoms with Gasteiger partial charge in [-0.25, -0.2) is 9.97 Å². The number of aromatic nitrogens is 2. The van der Waals surface area contributed by atoms with E-state index in [4.69, 9.17) is 9.97 Å². The van der Waals surface area contributed by atoms with Crippen LogP contribution in [0.25, 0.3) is 89.2 Å². The van der Waals surface area contributed by atoms with Crippen LogP contribution in [0.3, 0.4) is 0 Å². The Hall–Kier alpha value is -6.90. The summed E-state index contributed by atoms with van der Waals surface area (Å²) in [4.78, 5) is 10.4. The van der Waals surface area contributed by atoms with Crippen molar-refractivity contribution < 1.29 is 0 Å². The Morgan fingerprint density at radius 2 is 0.836 bits per heavy atom. The van der Waals surface area contributed by atoms with Crippen LogP contribution < -0.4 is 0 Å². The molecule has 0 aliphatic heterocycles. The third kappa shape index (κ3) is 5.75. The van der Waals surface area contributed by atoms with Gasteiger partial charge in [0, 0.05) is 22.1 Å². The number of rotatable bonds is 6. The zero-order valence-corrected chi connectivity index (χ0v) is 30.9. The first-order valence-electron chi connectivity index (χ1n) is 19.0. The fourth-order valence-electron chi connectivity index (χ4n) is 8.45. The molecule has 0 saturated heterocycles. The quantitative estimate of drug-likeness (QED) is 0.172. The van der Waals surface area contributed by atoms with E-state index in [0.29, 0.717) is 5.82 Å². The van der Waals surface area contributed by atoms with E-state index in [0.717, 1.165) is 39.0 Å². The van der Waals surface area contributed by atoms with Crippen molar-refractivity contribution in [2.75, 3.05) is 0 Å². The van der Waals surface area contributed by atoms with Gasteiger partial charge in [0.15, 0.2) is 5.82 Å². The second kappa shape index (κ2) is 13.2. The molecule has 1 heterocycles. The number of hydrogen-bond acceptors (Lipinski definition) is 2. The Balaban J connectivity index is 1.05. The molecule has 9 aromatic rings. The SMILES string of the molecule is CC1(C)c2ccccc2-c2cc(-c3ccc(-c4ccc(-c5cc(-c6cccc(-c7ccccc7)c6)nc(-c6ccccc6)n5)c5ccccc45)cc3)ccc21. The molecule has 2 heteroatoms. The zero-order chi connectivity index (χ0) is 36.9. The van der Waals surface area contributed by atoms with Crippen LogP contribution in [0.4, 0.5) is 0 Å². The molecule has 0 fully saturated rings. The minimum absolute atomic E-state index is 0.00540. The summed E-state index contributed by atoms with van der Waals surface area (Å²) in [6, 6.07) is 69.6. The fourth-order valence-corrected chi connectivity index (χ4v) is 8.45. The Labute approximate surface area is 322 Å². The van der Waals surface area contributed by atoms with Gasteiger partial charge in [-0.1, -0.05) is 190 Å². The smallest absolute Gasteiger partial charge is 0.160 e. The highest BCUT2D eigenvalue weighted by molar-refractivity contribution is 6.05. The third-order valence-electron chi connectivity index (χ3n) is 11.3. The maximum absolute atomic E-state index is 5.21. The largest absolute Gasteiger partial charge is 0.228 e. The average molecular weight is 703 g/mol. The van der Waals surface area contributed by atoms with Gasteiger partial charge in [-0.3, -0.25) is 0 Å². The first kappa shape index (κ1) is 32.7. The topological polar surface area (TPSA) is 25.8 Å². The molecule has 0 amide bonds. The molecule has 0 atom stereocenters. The van der Waals surface area contributed by atoms with Crippen molar-refractivity contribution >= 4 is 10.8 Å². The van der Waals surface area contributed by atoms with E-state index in [1.54, 1.807) is 0 Å². The van der Waals surface area contributed by atoms with Gasteiger partial charge >= 0.3 is 0 Å². The lowest BCUT2D eigenvalue weighted by Crippen LogP contribution is -2.14. The van der Waals surface area contributed by atoms with E-state index < -0.39 is 0 Å². The second-order valence-electron chi connectivity index (χ2n) is 15.0. The fraction of sp³-hybridized carbons (Fsp3) is 0.0566. The first-order chi connectivity index (χ1) is 27.0. The maximum atomic E-state index is 5.21. The number of benzene rings is 8. The van der Waals surface area contributed by atoms with Gasteiger partial charge in [-0.2, -0.15) is 0 Å². The summed E-state index contributed by atoms with van der Waals surface area (Å²) in [6.07, 6.45) is 0. The third-order valence-corrected chi connectivity index (χ3v) is 11.3. The van der Waals surface area contributed by atoms with Crippen LogP contribution in [0.15, 0.2) is 194 Å². The molecular formula is C53H38N2. The van der Waals surface area contributed by atoms with E-state index in [9.17, 15) is 0 Å². The number of fused-ring (bicyclic) bond motifs is 4. The minimum Gasteiger partial charge on any atom is -0.228 e. The van der Waals surface area contributed by atoms with Crippen molar-refractivity contribution in [3.05, 3.63) is 205 Å². The maximum Gasteiger partial charge on any atom is 0.160 e. The Kier molecular flexibility index (Phi) is 7.85. The van der Waals surface area contributed by atoms with Crippen LogP contribution in [-0.2, 0) is 5.41 Å². The highest BCUT2D eigenvalue weighted by Crippen LogP contribution is 2.49. The summed E-state index contributed by atoms with van der Waals surface area (Å²) < 4.78 is 0. The lowest BCUT2D eigenvalue weighted by Gasteiger charge is -2.21. The number of nitrogens with zero attached hydrogens (tertiary/aromatic N) is 2. The van der Waals surface area contributed by atoms with Crippen LogP contribution in [0.5, 0.6) is 0 Å². The van der Waals surface area contributed by atoms with E-state index in [2.05, 4.69) is 190 Å². The molecule has 55 heavy (non-hydrogen) atoms. The first-order valence-corrected chi connectivity index (χ1v) is 19.0. The summed E-state index contributed by atoms with van der Waals surface area (Å²) in [5.41, 5.74) is 17.6. The predicted octanol–water partition coefficient (Wildman–Crippen LogP) is 13.9. The highest BCUT2D eigenvalue weighted by Gasteiger charge is 2.35. The summed E-state index contributed by atoms with van der Waals surface area (Å²) >= 11 is 0. The molecule has 0 saturated carbocycles. The van der Waals surface area contributed by atoms with Gasteiger partial charge in [-0.05, 0) is 84.6 Å². The summed E-state index contributed by atoms with van der Waals surface area (Å²) in [6.45, 7) is 4.66. The molecule has 1 aromatic heterocycles. The van der Waals surface area contributed by atoms with E-state index in [-0.39, 0.29) is 5.41 Å². The predicted molar refractivity (Wildman–Crippen MR) is 230 cm³/mol. The van der Waals surface area contributed by atoms with Gasteiger partial charge in [0.2, 0.25) is 0 Å². The summed E-state index contributed by atoms with van der Waals surface area (Å²) in [5.74, 6) is 0.709. The molecule has 1 aliphatic rings. The Morgan fingerprint density at radius 1 is 0.309 bits per heavy atom. The normalized spacial score (nSPS) is 12.7. The molecule has 260 valence electrons. The van der Waals surface area contributed by atoms with Crippen molar-refractivity contribution in [1.29, 1.82) is 0 Å². The zero-order valence-electron chi connectivity index (χ0n) is 30.9. The van der Waals surface area contributed by atoms with E-state index in [1.807, 2.05) is 18.2 Å². The van der Waals surface area contributed by atoms with E-state index >= 15 is 0 Å².